The van der Waals surface area contributed by atoms with Gasteiger partial charge in [-0.25, -0.2) is 0 Å². The first-order valence-electron chi connectivity index (χ1n) is 11.4. The van der Waals surface area contributed by atoms with E-state index in [1.165, 1.54) is 16.0 Å². The number of rotatable bonds is 7. The smallest absolute Gasteiger partial charge is 0.261 e. The van der Waals surface area contributed by atoms with Crippen LogP contribution in [0.3, 0.4) is 0 Å². The number of amides is 2. The standard InChI is InChI=1S/C27H28N2O2.ClH/c30-26-23-13-7-11-21-12-8-14-24(25(21)23)27(31)29(26)17-6-2-1-5-16-28-18-15-20-9-3-4-10-22(20)19-28;/h3-4,7-14H,1-2,5-6,15-19H2;1H. The van der Waals surface area contributed by atoms with Gasteiger partial charge in [-0.3, -0.25) is 19.4 Å². The number of carbonyl (C=O) groups is 2. The Morgan fingerprint density at radius 1 is 0.688 bits per heavy atom. The van der Waals surface area contributed by atoms with Crippen LogP contribution in [-0.2, 0) is 13.0 Å². The van der Waals surface area contributed by atoms with Crippen LogP contribution < -0.4 is 0 Å². The van der Waals surface area contributed by atoms with E-state index in [1.54, 1.807) is 0 Å². The van der Waals surface area contributed by atoms with Crippen molar-refractivity contribution >= 4 is 35.0 Å². The third-order valence-corrected chi connectivity index (χ3v) is 6.67. The molecule has 3 aromatic rings. The highest BCUT2D eigenvalue weighted by molar-refractivity contribution is 6.25. The molecule has 2 amide bonds. The topological polar surface area (TPSA) is 40.6 Å². The molecule has 5 heteroatoms. The molecule has 2 heterocycles. The molecule has 166 valence electrons. The van der Waals surface area contributed by atoms with Gasteiger partial charge in [0.1, 0.15) is 0 Å². The van der Waals surface area contributed by atoms with Crippen molar-refractivity contribution in [1.82, 2.24) is 9.80 Å². The van der Waals surface area contributed by atoms with Crippen molar-refractivity contribution in [1.29, 1.82) is 0 Å². The second kappa shape index (κ2) is 9.85. The maximum absolute atomic E-state index is 12.9. The minimum Gasteiger partial charge on any atom is -0.299 e. The predicted octanol–water partition coefficient (Wildman–Crippen LogP) is 5.48. The number of imide groups is 1. The van der Waals surface area contributed by atoms with Crippen LogP contribution in [0.2, 0.25) is 0 Å². The molecule has 0 atom stereocenters. The molecule has 0 spiro atoms. The molecule has 0 N–H and O–H groups in total. The number of nitrogens with zero attached hydrogens (tertiary/aromatic N) is 2. The van der Waals surface area contributed by atoms with Gasteiger partial charge in [-0.15, -0.1) is 12.4 Å². The molecule has 0 saturated heterocycles. The van der Waals surface area contributed by atoms with Crippen molar-refractivity contribution in [3.05, 3.63) is 82.9 Å². The summed E-state index contributed by atoms with van der Waals surface area (Å²) in [5.74, 6) is -0.303. The summed E-state index contributed by atoms with van der Waals surface area (Å²) < 4.78 is 0. The zero-order valence-corrected chi connectivity index (χ0v) is 19.1. The Bertz CT molecular complexity index is 1090. The largest absolute Gasteiger partial charge is 0.299 e. The molecular weight excluding hydrogens is 420 g/mol. The second-order valence-electron chi connectivity index (χ2n) is 8.68. The number of halogens is 1. The zero-order chi connectivity index (χ0) is 21.2. The van der Waals surface area contributed by atoms with Gasteiger partial charge in [0.25, 0.3) is 11.8 Å². The molecule has 0 radical (unpaired) electrons. The summed E-state index contributed by atoms with van der Waals surface area (Å²) in [6.07, 6.45) is 5.32. The van der Waals surface area contributed by atoms with Crippen LogP contribution in [0.4, 0.5) is 0 Å². The summed E-state index contributed by atoms with van der Waals surface area (Å²) in [4.78, 5) is 29.9. The lowest BCUT2D eigenvalue weighted by atomic mass is 9.94. The van der Waals surface area contributed by atoms with Gasteiger partial charge in [-0.1, -0.05) is 61.4 Å². The van der Waals surface area contributed by atoms with Gasteiger partial charge < -0.3 is 0 Å². The first-order valence-corrected chi connectivity index (χ1v) is 11.4. The average molecular weight is 449 g/mol. The normalized spacial score (nSPS) is 15.6. The number of benzene rings is 3. The van der Waals surface area contributed by atoms with E-state index in [1.807, 2.05) is 36.4 Å². The van der Waals surface area contributed by atoms with Gasteiger partial charge in [0.15, 0.2) is 0 Å². The van der Waals surface area contributed by atoms with Crippen LogP contribution in [0.15, 0.2) is 60.7 Å². The molecule has 3 aromatic carbocycles. The van der Waals surface area contributed by atoms with Crippen LogP contribution >= 0.6 is 12.4 Å². The molecule has 4 nitrogen and oxygen atoms in total. The zero-order valence-electron chi connectivity index (χ0n) is 18.3. The summed E-state index contributed by atoms with van der Waals surface area (Å²) in [6.45, 7) is 3.81. The number of unbranched alkanes of at least 4 members (excludes halogenated alkanes) is 3. The second-order valence-corrected chi connectivity index (χ2v) is 8.68. The minimum absolute atomic E-state index is 0. The van der Waals surface area contributed by atoms with E-state index in [2.05, 4.69) is 29.2 Å². The van der Waals surface area contributed by atoms with Crippen molar-refractivity contribution in [2.24, 2.45) is 0 Å². The SMILES string of the molecule is Cl.O=C1c2cccc3cccc(c23)C(=O)N1CCCCCCN1CCc2ccccc2C1. The number of fused-ring (bicyclic) bond motifs is 1. The van der Waals surface area contributed by atoms with Crippen LogP contribution in [-0.4, -0.2) is 41.2 Å². The van der Waals surface area contributed by atoms with E-state index >= 15 is 0 Å². The van der Waals surface area contributed by atoms with Crippen molar-refractivity contribution < 1.29 is 9.59 Å². The molecule has 0 bridgehead atoms. The average Bonchev–Trinajstić information content (AvgIpc) is 2.81. The maximum Gasteiger partial charge on any atom is 0.261 e. The Morgan fingerprint density at radius 2 is 1.31 bits per heavy atom. The molecule has 2 aliphatic heterocycles. The summed E-state index contributed by atoms with van der Waals surface area (Å²) in [7, 11) is 0. The molecule has 0 aliphatic carbocycles. The third-order valence-electron chi connectivity index (χ3n) is 6.67. The number of hydrogen-bond donors (Lipinski definition) is 0. The molecule has 2 aliphatic rings. The van der Waals surface area contributed by atoms with Crippen LogP contribution in [0, 0.1) is 0 Å². The van der Waals surface area contributed by atoms with E-state index in [0.29, 0.717) is 17.7 Å². The Hall–Kier alpha value is -2.69. The molecule has 0 aromatic heterocycles. The molecule has 32 heavy (non-hydrogen) atoms. The lowest BCUT2D eigenvalue weighted by molar-refractivity contribution is 0.0607. The number of carbonyl (C=O) groups excluding carboxylic acids is 2. The van der Waals surface area contributed by atoms with E-state index in [-0.39, 0.29) is 24.2 Å². The maximum atomic E-state index is 12.9. The lowest BCUT2D eigenvalue weighted by Gasteiger charge is -2.28. The fourth-order valence-electron chi connectivity index (χ4n) is 4.99. The Morgan fingerprint density at radius 3 is 2.00 bits per heavy atom. The molecular formula is C27H29ClN2O2. The summed E-state index contributed by atoms with van der Waals surface area (Å²) in [5, 5.41) is 1.76. The quantitative estimate of drug-likeness (QED) is 0.355. The van der Waals surface area contributed by atoms with Gasteiger partial charge in [-0.2, -0.15) is 0 Å². The fourth-order valence-corrected chi connectivity index (χ4v) is 4.99. The highest BCUT2D eigenvalue weighted by Gasteiger charge is 2.32. The van der Waals surface area contributed by atoms with Crippen LogP contribution in [0.25, 0.3) is 10.8 Å². The van der Waals surface area contributed by atoms with Gasteiger partial charge in [0.05, 0.1) is 0 Å². The first kappa shape index (κ1) is 22.5. The van der Waals surface area contributed by atoms with Crippen molar-refractivity contribution in [3.8, 4) is 0 Å². The van der Waals surface area contributed by atoms with Gasteiger partial charge in [-0.05, 0) is 54.5 Å². The summed E-state index contributed by atoms with van der Waals surface area (Å²) >= 11 is 0. The monoisotopic (exact) mass is 448 g/mol. The lowest BCUT2D eigenvalue weighted by Crippen LogP contribution is -2.40. The van der Waals surface area contributed by atoms with Gasteiger partial charge in [0.2, 0.25) is 0 Å². The highest BCUT2D eigenvalue weighted by Crippen LogP contribution is 2.30. The Balaban J connectivity index is 0.00000245. The molecule has 0 saturated carbocycles. The summed E-state index contributed by atoms with van der Waals surface area (Å²) in [5.41, 5.74) is 4.26. The molecule has 0 fully saturated rings. The Labute approximate surface area is 195 Å². The van der Waals surface area contributed by atoms with Gasteiger partial charge >= 0.3 is 0 Å². The highest BCUT2D eigenvalue weighted by atomic mass is 35.5. The van der Waals surface area contributed by atoms with Crippen molar-refractivity contribution in [2.75, 3.05) is 19.6 Å². The van der Waals surface area contributed by atoms with E-state index in [4.69, 9.17) is 0 Å². The van der Waals surface area contributed by atoms with Crippen molar-refractivity contribution in [3.63, 3.8) is 0 Å². The molecule has 0 unspecified atom stereocenters. The molecule has 5 rings (SSSR count). The van der Waals surface area contributed by atoms with E-state index in [0.717, 1.165) is 62.5 Å². The van der Waals surface area contributed by atoms with E-state index < -0.39 is 0 Å². The van der Waals surface area contributed by atoms with Crippen LogP contribution in [0.1, 0.15) is 57.5 Å². The van der Waals surface area contributed by atoms with Crippen LogP contribution in [0.5, 0.6) is 0 Å². The van der Waals surface area contributed by atoms with Gasteiger partial charge in [0, 0.05) is 36.1 Å². The first-order chi connectivity index (χ1) is 15.2. The Kier molecular flexibility index (Phi) is 6.92. The third kappa shape index (κ3) is 4.30. The van der Waals surface area contributed by atoms with Crippen molar-refractivity contribution in [2.45, 2.75) is 38.6 Å². The number of hydrogen-bond acceptors (Lipinski definition) is 3. The van der Waals surface area contributed by atoms with E-state index in [9.17, 15) is 9.59 Å². The fraction of sp³-hybridized carbons (Fsp3) is 0.333. The summed E-state index contributed by atoms with van der Waals surface area (Å²) in [6, 6.07) is 20.1. The minimum atomic E-state index is -0.152. The predicted molar refractivity (Wildman–Crippen MR) is 130 cm³/mol.